The normalized spacial score (nSPS) is 15.4. The molecule has 8 heteroatoms. The van der Waals surface area contributed by atoms with E-state index in [4.69, 9.17) is 4.74 Å². The van der Waals surface area contributed by atoms with Crippen molar-refractivity contribution in [3.8, 4) is 5.75 Å². The lowest BCUT2D eigenvalue weighted by Crippen LogP contribution is -2.41. The SMILES string of the molecule is COc1ccc([C@@H](CNC(=O)C(=O)Nc2ccn[nH]2)N2CCCC2)cc1. The summed E-state index contributed by atoms with van der Waals surface area (Å²) in [5, 5.41) is 11.5. The standard InChI is InChI=1S/C18H23N5O3/c1-26-14-6-4-13(5-7-14)15(23-10-2-3-11-23)12-19-17(24)18(25)21-16-8-9-20-22-16/h4-9,15H,2-3,10-12H2,1H3,(H,19,24)(H2,20,21,22,25)/t15-/m1/s1. The molecule has 8 nitrogen and oxygen atoms in total. The summed E-state index contributed by atoms with van der Waals surface area (Å²) in [6.45, 7) is 2.32. The molecule has 2 aromatic rings. The number of carbonyl (C=O) groups excluding carboxylic acids is 2. The van der Waals surface area contributed by atoms with E-state index < -0.39 is 11.8 Å². The van der Waals surface area contributed by atoms with Gasteiger partial charge in [-0.1, -0.05) is 12.1 Å². The fourth-order valence-electron chi connectivity index (χ4n) is 3.11. The quantitative estimate of drug-likeness (QED) is 0.677. The molecule has 3 N–H and O–H groups in total. The number of amides is 2. The highest BCUT2D eigenvalue weighted by atomic mass is 16.5. The zero-order valence-corrected chi connectivity index (χ0v) is 14.7. The van der Waals surface area contributed by atoms with E-state index in [1.54, 1.807) is 13.2 Å². The first kappa shape index (κ1) is 17.9. The van der Waals surface area contributed by atoms with Crippen molar-refractivity contribution in [1.82, 2.24) is 20.4 Å². The molecule has 0 aliphatic carbocycles. The summed E-state index contributed by atoms with van der Waals surface area (Å²) in [6, 6.07) is 9.41. The van der Waals surface area contributed by atoms with E-state index in [0.717, 1.165) is 37.2 Å². The second kappa shape index (κ2) is 8.48. The van der Waals surface area contributed by atoms with Gasteiger partial charge in [-0.3, -0.25) is 19.6 Å². The number of nitrogens with one attached hydrogen (secondary N) is 3. The minimum atomic E-state index is -0.718. The van der Waals surface area contributed by atoms with Crippen LogP contribution >= 0.6 is 0 Å². The molecule has 138 valence electrons. The lowest BCUT2D eigenvalue weighted by Gasteiger charge is -2.28. The summed E-state index contributed by atoms with van der Waals surface area (Å²) in [5.74, 6) is -0.213. The number of likely N-dealkylation sites (tertiary alicyclic amines) is 1. The number of ether oxygens (including phenoxy) is 1. The summed E-state index contributed by atoms with van der Waals surface area (Å²) in [4.78, 5) is 26.4. The molecular weight excluding hydrogens is 334 g/mol. The molecule has 2 amide bonds. The maximum absolute atomic E-state index is 12.1. The summed E-state index contributed by atoms with van der Waals surface area (Å²) >= 11 is 0. The number of benzene rings is 1. The van der Waals surface area contributed by atoms with Crippen LogP contribution in [0, 0.1) is 0 Å². The first-order chi connectivity index (χ1) is 12.7. The maximum Gasteiger partial charge on any atom is 0.314 e. The molecular formula is C18H23N5O3. The van der Waals surface area contributed by atoms with Gasteiger partial charge in [0.05, 0.1) is 19.3 Å². The Morgan fingerprint density at radius 2 is 1.92 bits per heavy atom. The molecule has 3 rings (SSSR count). The number of H-pyrrole nitrogens is 1. The lowest BCUT2D eigenvalue weighted by molar-refractivity contribution is -0.136. The largest absolute Gasteiger partial charge is 0.497 e. The minimum Gasteiger partial charge on any atom is -0.497 e. The fraction of sp³-hybridized carbons (Fsp3) is 0.389. The van der Waals surface area contributed by atoms with Gasteiger partial charge in [0, 0.05) is 12.6 Å². The predicted octanol–water partition coefficient (Wildman–Crippen LogP) is 1.31. The third-order valence-electron chi connectivity index (χ3n) is 4.49. The monoisotopic (exact) mass is 357 g/mol. The van der Waals surface area contributed by atoms with Gasteiger partial charge in [0.25, 0.3) is 0 Å². The van der Waals surface area contributed by atoms with E-state index in [9.17, 15) is 9.59 Å². The first-order valence-corrected chi connectivity index (χ1v) is 8.64. The van der Waals surface area contributed by atoms with Crippen molar-refractivity contribution in [2.75, 3.05) is 32.1 Å². The van der Waals surface area contributed by atoms with Crippen LogP contribution in [0.1, 0.15) is 24.4 Å². The Morgan fingerprint density at radius 3 is 2.54 bits per heavy atom. The van der Waals surface area contributed by atoms with Crippen molar-refractivity contribution in [3.63, 3.8) is 0 Å². The minimum absolute atomic E-state index is 0.0207. The summed E-state index contributed by atoms with van der Waals surface area (Å²) in [6.07, 6.45) is 3.78. The van der Waals surface area contributed by atoms with Crippen molar-refractivity contribution < 1.29 is 14.3 Å². The van der Waals surface area contributed by atoms with Crippen LogP contribution < -0.4 is 15.4 Å². The highest BCUT2D eigenvalue weighted by molar-refractivity contribution is 6.39. The van der Waals surface area contributed by atoms with Crippen molar-refractivity contribution >= 4 is 17.6 Å². The molecule has 1 aromatic heterocycles. The maximum atomic E-state index is 12.1. The Bertz CT molecular complexity index is 724. The highest BCUT2D eigenvalue weighted by Crippen LogP contribution is 2.26. The molecule has 1 aliphatic heterocycles. The average Bonchev–Trinajstić information content (AvgIpc) is 3.36. The topological polar surface area (TPSA) is 99.3 Å². The number of hydrogen-bond acceptors (Lipinski definition) is 5. The van der Waals surface area contributed by atoms with Crippen molar-refractivity contribution in [1.29, 1.82) is 0 Å². The van der Waals surface area contributed by atoms with Gasteiger partial charge in [-0.05, 0) is 43.6 Å². The van der Waals surface area contributed by atoms with E-state index in [0.29, 0.717) is 12.4 Å². The zero-order chi connectivity index (χ0) is 18.4. The summed E-state index contributed by atoms with van der Waals surface area (Å²) in [5.41, 5.74) is 1.09. The van der Waals surface area contributed by atoms with Gasteiger partial charge >= 0.3 is 11.8 Å². The summed E-state index contributed by atoms with van der Waals surface area (Å²) < 4.78 is 5.21. The molecule has 0 bridgehead atoms. The second-order valence-electron chi connectivity index (χ2n) is 6.17. The first-order valence-electron chi connectivity index (χ1n) is 8.64. The Hall–Kier alpha value is -2.87. The summed E-state index contributed by atoms with van der Waals surface area (Å²) in [7, 11) is 1.63. The van der Waals surface area contributed by atoms with Crippen molar-refractivity contribution in [2.24, 2.45) is 0 Å². The Kier molecular flexibility index (Phi) is 5.85. The van der Waals surface area contributed by atoms with Crippen LogP contribution in [0.25, 0.3) is 0 Å². The molecule has 2 heterocycles. The van der Waals surface area contributed by atoms with Crippen LogP contribution in [0.3, 0.4) is 0 Å². The molecule has 0 radical (unpaired) electrons. The van der Waals surface area contributed by atoms with Crippen LogP contribution in [-0.2, 0) is 9.59 Å². The van der Waals surface area contributed by atoms with Gasteiger partial charge in [-0.15, -0.1) is 0 Å². The number of anilines is 1. The third-order valence-corrected chi connectivity index (χ3v) is 4.49. The van der Waals surface area contributed by atoms with E-state index >= 15 is 0 Å². The van der Waals surface area contributed by atoms with E-state index in [1.807, 2.05) is 24.3 Å². The molecule has 1 atom stereocenters. The van der Waals surface area contributed by atoms with Gasteiger partial charge in [0.1, 0.15) is 11.6 Å². The molecule has 0 unspecified atom stereocenters. The Morgan fingerprint density at radius 1 is 1.19 bits per heavy atom. The predicted molar refractivity (Wildman–Crippen MR) is 96.8 cm³/mol. The van der Waals surface area contributed by atoms with Crippen LogP contribution in [-0.4, -0.2) is 53.7 Å². The number of nitrogens with zero attached hydrogens (tertiary/aromatic N) is 2. The van der Waals surface area contributed by atoms with Crippen LogP contribution in [0.4, 0.5) is 5.82 Å². The Balaban J connectivity index is 1.63. The van der Waals surface area contributed by atoms with E-state index in [1.165, 1.54) is 6.20 Å². The third kappa shape index (κ3) is 4.40. The number of hydrogen-bond donors (Lipinski definition) is 3. The molecule has 1 fully saturated rings. The number of aromatic amines is 1. The molecule has 26 heavy (non-hydrogen) atoms. The van der Waals surface area contributed by atoms with E-state index in [-0.39, 0.29) is 6.04 Å². The second-order valence-corrected chi connectivity index (χ2v) is 6.17. The number of carbonyl (C=O) groups is 2. The Labute approximate surface area is 151 Å². The van der Waals surface area contributed by atoms with Crippen LogP contribution in [0.5, 0.6) is 5.75 Å². The van der Waals surface area contributed by atoms with Crippen LogP contribution in [0.15, 0.2) is 36.5 Å². The van der Waals surface area contributed by atoms with Crippen LogP contribution in [0.2, 0.25) is 0 Å². The van der Waals surface area contributed by atoms with Gasteiger partial charge in [0.15, 0.2) is 0 Å². The molecule has 0 saturated carbocycles. The molecule has 0 spiro atoms. The number of rotatable bonds is 6. The van der Waals surface area contributed by atoms with Gasteiger partial charge in [0.2, 0.25) is 0 Å². The molecule has 1 aromatic carbocycles. The van der Waals surface area contributed by atoms with Gasteiger partial charge in [-0.25, -0.2) is 0 Å². The lowest BCUT2D eigenvalue weighted by atomic mass is 10.1. The van der Waals surface area contributed by atoms with Crippen molar-refractivity contribution in [2.45, 2.75) is 18.9 Å². The molecule has 1 saturated heterocycles. The van der Waals surface area contributed by atoms with Gasteiger partial charge < -0.3 is 15.4 Å². The van der Waals surface area contributed by atoms with Crippen molar-refractivity contribution in [3.05, 3.63) is 42.1 Å². The molecule has 1 aliphatic rings. The van der Waals surface area contributed by atoms with E-state index in [2.05, 4.69) is 25.7 Å². The highest BCUT2D eigenvalue weighted by Gasteiger charge is 2.25. The fourth-order valence-corrected chi connectivity index (χ4v) is 3.11. The van der Waals surface area contributed by atoms with Gasteiger partial charge in [-0.2, -0.15) is 5.10 Å². The number of aromatic nitrogens is 2. The number of methoxy groups -OCH3 is 1. The smallest absolute Gasteiger partial charge is 0.314 e. The average molecular weight is 357 g/mol. The zero-order valence-electron chi connectivity index (χ0n) is 14.7.